The summed E-state index contributed by atoms with van der Waals surface area (Å²) in [6, 6.07) is 19.5. The molecule has 0 unspecified atom stereocenters. The fourth-order valence-corrected chi connectivity index (χ4v) is 4.56. The summed E-state index contributed by atoms with van der Waals surface area (Å²) in [5.74, 6) is -0.526. The molecule has 1 aliphatic rings. The lowest BCUT2D eigenvalue weighted by molar-refractivity contribution is -0.151. The Kier molecular flexibility index (Phi) is 7.17. The lowest BCUT2D eigenvalue weighted by atomic mass is 9.89. The van der Waals surface area contributed by atoms with E-state index in [4.69, 9.17) is 27.9 Å². The van der Waals surface area contributed by atoms with E-state index < -0.39 is 11.3 Å². The van der Waals surface area contributed by atoms with Crippen molar-refractivity contribution >= 4 is 35.0 Å². The topological polar surface area (TPSA) is 70.1 Å². The third kappa shape index (κ3) is 4.87. The van der Waals surface area contributed by atoms with E-state index in [1.54, 1.807) is 87.4 Å². The quantitative estimate of drug-likeness (QED) is 0.460. The normalized spacial score (nSPS) is 17.3. The minimum atomic E-state index is -1.40. The number of rotatable bonds is 7. The molecule has 2 amide bonds. The average Bonchev–Trinajstić information content (AvgIpc) is 3.06. The van der Waals surface area contributed by atoms with Crippen molar-refractivity contribution in [1.82, 2.24) is 9.80 Å². The van der Waals surface area contributed by atoms with Gasteiger partial charge < -0.3 is 14.7 Å². The van der Waals surface area contributed by atoms with E-state index in [1.165, 1.54) is 4.90 Å². The highest BCUT2D eigenvalue weighted by atomic mass is 35.5. The molecule has 0 aliphatic carbocycles. The van der Waals surface area contributed by atoms with Crippen LogP contribution in [-0.4, -0.2) is 47.4 Å². The highest BCUT2D eigenvalue weighted by Gasteiger charge is 2.53. The molecule has 0 radical (unpaired) electrons. The van der Waals surface area contributed by atoms with Crippen molar-refractivity contribution in [3.8, 4) is 0 Å². The molecule has 0 spiro atoms. The maximum atomic E-state index is 14.0. The molecule has 0 bridgehead atoms. The van der Waals surface area contributed by atoms with Crippen molar-refractivity contribution in [3.63, 3.8) is 0 Å². The van der Waals surface area contributed by atoms with Gasteiger partial charge in [0.2, 0.25) is 5.91 Å². The molecule has 0 saturated heterocycles. The largest absolute Gasteiger partial charge is 0.386 e. The molecule has 3 aromatic carbocycles. The van der Waals surface area contributed by atoms with Gasteiger partial charge in [0.1, 0.15) is 6.61 Å². The summed E-state index contributed by atoms with van der Waals surface area (Å²) in [7, 11) is 3.30. The number of amides is 2. The number of ether oxygens (including phenoxy) is 1. The molecule has 1 atom stereocenters. The van der Waals surface area contributed by atoms with Gasteiger partial charge in [-0.15, -0.1) is 0 Å². The smallest absolute Gasteiger partial charge is 0.257 e. The van der Waals surface area contributed by atoms with E-state index in [0.29, 0.717) is 32.3 Å². The number of aliphatic hydroxyl groups is 1. The van der Waals surface area contributed by atoms with E-state index in [1.807, 2.05) is 12.1 Å². The molecule has 1 aliphatic heterocycles. The Morgan fingerprint density at radius 1 is 1.00 bits per heavy atom. The van der Waals surface area contributed by atoms with Gasteiger partial charge in [0.05, 0.1) is 5.60 Å². The van der Waals surface area contributed by atoms with E-state index in [2.05, 4.69) is 0 Å². The molecule has 0 fully saturated rings. The summed E-state index contributed by atoms with van der Waals surface area (Å²) in [5, 5.41) is 11.7. The van der Waals surface area contributed by atoms with Gasteiger partial charge in [0, 0.05) is 47.4 Å². The standard InChI is InChI=1S/C28H28Cl2N2O4/c1-27(2,35)20-9-14-24-23(15-20)26(34)32(16-18-5-10-21(29)11-6-18)28(24,36-17-25(33)31(3)4)19-7-12-22(30)13-8-19/h5-15,35H,16-17H2,1-4H3/t28-/m1/s1. The first kappa shape index (κ1) is 26.2. The SMILES string of the molecule is CN(C)C(=O)CO[C@]1(c2ccc(Cl)cc2)c2ccc(C(C)(C)O)cc2C(=O)N1Cc1ccc(Cl)cc1. The summed E-state index contributed by atoms with van der Waals surface area (Å²) in [4.78, 5) is 29.7. The Bertz CT molecular complexity index is 1280. The molecule has 0 saturated carbocycles. The highest BCUT2D eigenvalue weighted by Crippen LogP contribution is 2.47. The fraction of sp³-hybridized carbons (Fsp3) is 0.286. The number of benzene rings is 3. The van der Waals surface area contributed by atoms with Gasteiger partial charge in [-0.25, -0.2) is 0 Å². The Balaban J connectivity index is 1.94. The molecule has 188 valence electrons. The van der Waals surface area contributed by atoms with Gasteiger partial charge in [-0.3, -0.25) is 14.5 Å². The Hall–Kier alpha value is -2.90. The molecule has 4 rings (SSSR count). The Morgan fingerprint density at radius 2 is 1.58 bits per heavy atom. The van der Waals surface area contributed by atoms with Crippen molar-refractivity contribution in [3.05, 3.63) is 105 Å². The van der Waals surface area contributed by atoms with Crippen LogP contribution in [0.15, 0.2) is 66.7 Å². The minimum Gasteiger partial charge on any atom is -0.386 e. The van der Waals surface area contributed by atoms with Gasteiger partial charge in [-0.2, -0.15) is 0 Å². The van der Waals surface area contributed by atoms with Gasteiger partial charge in [0.25, 0.3) is 5.91 Å². The van der Waals surface area contributed by atoms with Crippen LogP contribution in [0.25, 0.3) is 0 Å². The lowest BCUT2D eigenvalue weighted by Gasteiger charge is -2.39. The predicted molar refractivity (Wildman–Crippen MR) is 140 cm³/mol. The number of hydrogen-bond donors (Lipinski definition) is 1. The first-order valence-electron chi connectivity index (χ1n) is 11.5. The number of likely N-dealkylation sites (N-methyl/N-ethyl adjacent to an activating group) is 1. The highest BCUT2D eigenvalue weighted by molar-refractivity contribution is 6.30. The van der Waals surface area contributed by atoms with Crippen LogP contribution in [0.5, 0.6) is 0 Å². The number of halogens is 2. The van der Waals surface area contributed by atoms with E-state index >= 15 is 0 Å². The Morgan fingerprint density at radius 3 is 2.14 bits per heavy atom. The number of carbonyl (C=O) groups excluding carboxylic acids is 2. The van der Waals surface area contributed by atoms with Crippen molar-refractivity contribution in [2.75, 3.05) is 20.7 Å². The predicted octanol–water partition coefficient (Wildman–Crippen LogP) is 5.18. The molecule has 1 heterocycles. The zero-order valence-corrected chi connectivity index (χ0v) is 22.1. The molecule has 8 heteroatoms. The van der Waals surface area contributed by atoms with Crippen LogP contribution in [0.1, 0.15) is 46.5 Å². The minimum absolute atomic E-state index is 0.196. The van der Waals surface area contributed by atoms with Crippen LogP contribution in [0.3, 0.4) is 0 Å². The van der Waals surface area contributed by atoms with Crippen LogP contribution >= 0.6 is 23.2 Å². The van der Waals surface area contributed by atoms with Crippen LogP contribution in [0, 0.1) is 0 Å². The van der Waals surface area contributed by atoms with E-state index in [9.17, 15) is 14.7 Å². The van der Waals surface area contributed by atoms with Crippen LogP contribution in [-0.2, 0) is 27.4 Å². The summed E-state index contributed by atoms with van der Waals surface area (Å²) in [6.45, 7) is 3.27. The second-order valence-electron chi connectivity index (χ2n) is 9.56. The van der Waals surface area contributed by atoms with Crippen LogP contribution in [0.4, 0.5) is 0 Å². The lowest BCUT2D eigenvalue weighted by Crippen LogP contribution is -2.48. The van der Waals surface area contributed by atoms with E-state index in [0.717, 1.165) is 5.56 Å². The molecule has 36 heavy (non-hydrogen) atoms. The molecule has 6 nitrogen and oxygen atoms in total. The number of carbonyl (C=O) groups is 2. The monoisotopic (exact) mass is 526 g/mol. The van der Waals surface area contributed by atoms with E-state index in [-0.39, 0.29) is 25.0 Å². The number of fused-ring (bicyclic) bond motifs is 1. The Labute approximate surface area is 221 Å². The number of hydrogen-bond acceptors (Lipinski definition) is 4. The second-order valence-corrected chi connectivity index (χ2v) is 10.4. The summed E-state index contributed by atoms with van der Waals surface area (Å²) >= 11 is 12.3. The van der Waals surface area contributed by atoms with Crippen molar-refractivity contribution < 1.29 is 19.4 Å². The maximum Gasteiger partial charge on any atom is 0.257 e. The maximum absolute atomic E-state index is 14.0. The van der Waals surface area contributed by atoms with Crippen LogP contribution < -0.4 is 0 Å². The zero-order chi connectivity index (χ0) is 26.3. The third-order valence-electron chi connectivity index (χ3n) is 6.34. The van der Waals surface area contributed by atoms with Gasteiger partial charge in [-0.1, -0.05) is 59.6 Å². The molecular formula is C28H28Cl2N2O4. The van der Waals surface area contributed by atoms with Gasteiger partial charge in [0.15, 0.2) is 5.72 Å². The molecule has 3 aromatic rings. The van der Waals surface area contributed by atoms with Crippen molar-refractivity contribution in [1.29, 1.82) is 0 Å². The van der Waals surface area contributed by atoms with Crippen LogP contribution in [0.2, 0.25) is 10.0 Å². The molecule has 0 aromatic heterocycles. The fourth-order valence-electron chi connectivity index (χ4n) is 4.31. The molecular weight excluding hydrogens is 499 g/mol. The van der Waals surface area contributed by atoms with Gasteiger partial charge in [-0.05, 0) is 55.3 Å². The van der Waals surface area contributed by atoms with Crippen molar-refractivity contribution in [2.45, 2.75) is 31.7 Å². The zero-order valence-electron chi connectivity index (χ0n) is 20.6. The number of nitrogens with zero attached hydrogens (tertiary/aromatic N) is 2. The van der Waals surface area contributed by atoms with Gasteiger partial charge >= 0.3 is 0 Å². The summed E-state index contributed by atoms with van der Waals surface area (Å²) in [5.41, 5.74) is 0.514. The second kappa shape index (κ2) is 9.87. The molecule has 1 N–H and O–H groups in total. The average molecular weight is 527 g/mol. The third-order valence-corrected chi connectivity index (χ3v) is 6.84. The van der Waals surface area contributed by atoms with Crippen molar-refractivity contribution in [2.24, 2.45) is 0 Å². The summed E-state index contributed by atoms with van der Waals surface area (Å²) in [6.07, 6.45) is 0. The first-order chi connectivity index (χ1) is 16.9. The summed E-state index contributed by atoms with van der Waals surface area (Å²) < 4.78 is 6.45. The first-order valence-corrected chi connectivity index (χ1v) is 12.2.